The fourth-order valence-electron chi connectivity index (χ4n) is 4.26. The third kappa shape index (κ3) is 13.5. The predicted octanol–water partition coefficient (Wildman–Crippen LogP) is 4.47. The number of rotatable bonds is 22. The van der Waals surface area contributed by atoms with Crippen molar-refractivity contribution in [3.63, 3.8) is 0 Å². The smallest absolute Gasteiger partial charge is 0.412 e. The molecule has 0 spiro atoms. The second kappa shape index (κ2) is 21.8. The highest BCUT2D eigenvalue weighted by Crippen LogP contribution is 2.43. The largest absolute Gasteiger partial charge is 0.460 e. The van der Waals surface area contributed by atoms with Crippen LogP contribution in [0.1, 0.15) is 13.8 Å². The molecule has 3 aromatic rings. The van der Waals surface area contributed by atoms with E-state index in [1.54, 1.807) is 38.1 Å². The topological polar surface area (TPSA) is 166 Å². The molecule has 0 saturated heterocycles. The third-order valence-corrected chi connectivity index (χ3v) is 6.62. The lowest BCUT2D eigenvalue weighted by atomic mass is 10.00. The maximum atomic E-state index is 12.9. The first-order valence-electron chi connectivity index (χ1n) is 16.0. The van der Waals surface area contributed by atoms with E-state index >= 15 is 0 Å². The number of nitrogens with one attached hydrogen (secondary N) is 2. The van der Waals surface area contributed by atoms with Crippen molar-refractivity contribution < 1.29 is 57.1 Å². The summed E-state index contributed by atoms with van der Waals surface area (Å²) in [7, 11) is 0. The molecule has 14 nitrogen and oxygen atoms in total. The molecular weight excluding hydrogens is 652 g/mol. The summed E-state index contributed by atoms with van der Waals surface area (Å²) in [5, 5.41) is 8.03. The second-order valence-corrected chi connectivity index (χ2v) is 10.7. The molecular formula is C36H44N2O12. The van der Waals surface area contributed by atoms with Crippen molar-refractivity contribution in [2.24, 2.45) is 0 Å². The number of amides is 2. The number of fused-ring (bicyclic) bond motifs is 3. The predicted molar refractivity (Wildman–Crippen MR) is 184 cm³/mol. The van der Waals surface area contributed by atoms with Crippen LogP contribution in [0.25, 0.3) is 21.5 Å². The van der Waals surface area contributed by atoms with E-state index in [1.807, 2.05) is 24.3 Å². The van der Waals surface area contributed by atoms with Gasteiger partial charge in [0, 0.05) is 35.0 Å². The lowest BCUT2D eigenvalue weighted by Crippen LogP contribution is -2.32. The van der Waals surface area contributed by atoms with Gasteiger partial charge in [0.05, 0.1) is 52.9 Å². The zero-order chi connectivity index (χ0) is 36.1. The van der Waals surface area contributed by atoms with Gasteiger partial charge in [-0.1, -0.05) is 61.7 Å². The molecule has 0 unspecified atom stereocenters. The van der Waals surface area contributed by atoms with Gasteiger partial charge in [0.2, 0.25) is 0 Å². The van der Waals surface area contributed by atoms with Gasteiger partial charge in [-0.2, -0.15) is 0 Å². The van der Waals surface area contributed by atoms with Crippen molar-refractivity contribution >= 4 is 45.7 Å². The summed E-state index contributed by atoms with van der Waals surface area (Å²) in [5.74, 6) is -0.784. The Kier molecular flexibility index (Phi) is 17.2. The van der Waals surface area contributed by atoms with Crippen LogP contribution in [-0.2, 0) is 38.0 Å². The van der Waals surface area contributed by atoms with Gasteiger partial charge in [0.15, 0.2) is 11.5 Å². The lowest BCUT2D eigenvalue weighted by Gasteiger charge is -2.17. The maximum absolute atomic E-state index is 12.9. The molecule has 0 fully saturated rings. The minimum absolute atomic E-state index is 0.0796. The first kappa shape index (κ1) is 39.4. The first-order valence-corrected chi connectivity index (χ1v) is 16.0. The zero-order valence-corrected chi connectivity index (χ0v) is 28.4. The van der Waals surface area contributed by atoms with Crippen LogP contribution in [0.3, 0.4) is 0 Å². The van der Waals surface area contributed by atoms with Crippen LogP contribution in [-0.4, -0.2) is 103 Å². The summed E-state index contributed by atoms with van der Waals surface area (Å²) >= 11 is 0. The highest BCUT2D eigenvalue weighted by Gasteiger charge is 2.21. The van der Waals surface area contributed by atoms with Gasteiger partial charge in [-0.15, -0.1) is 0 Å². The van der Waals surface area contributed by atoms with Crippen LogP contribution >= 0.6 is 0 Å². The van der Waals surface area contributed by atoms with E-state index in [4.69, 9.17) is 37.9 Å². The summed E-state index contributed by atoms with van der Waals surface area (Å²) in [4.78, 5) is 48.4. The molecule has 2 N–H and O–H groups in total. The van der Waals surface area contributed by atoms with Crippen molar-refractivity contribution in [1.82, 2.24) is 10.6 Å². The van der Waals surface area contributed by atoms with Gasteiger partial charge in [-0.05, 0) is 24.6 Å². The Balaban J connectivity index is 1.48. The maximum Gasteiger partial charge on any atom is 0.412 e. The number of carbonyl (C=O) groups is 4. The molecule has 0 aliphatic carbocycles. The quantitative estimate of drug-likeness (QED) is 0.0656. The minimum atomic E-state index is -0.764. The van der Waals surface area contributed by atoms with Gasteiger partial charge in [-0.25, -0.2) is 19.2 Å². The summed E-state index contributed by atoms with van der Waals surface area (Å²) < 4.78 is 43.0. The van der Waals surface area contributed by atoms with E-state index < -0.39 is 24.1 Å². The average Bonchev–Trinajstić information content (AvgIpc) is 3.10. The van der Waals surface area contributed by atoms with E-state index in [-0.39, 0.29) is 90.7 Å². The number of esters is 2. The summed E-state index contributed by atoms with van der Waals surface area (Å²) in [5.41, 5.74) is 0.636. The fourth-order valence-corrected chi connectivity index (χ4v) is 4.26. The Hall–Kier alpha value is -5.02. The molecule has 0 saturated carbocycles. The van der Waals surface area contributed by atoms with Crippen molar-refractivity contribution in [2.75, 3.05) is 79.2 Å². The molecule has 0 aromatic heterocycles. The molecule has 2 amide bonds. The summed E-state index contributed by atoms with van der Waals surface area (Å²) in [6.45, 7) is 12.5. The molecule has 0 heterocycles. The van der Waals surface area contributed by atoms with Crippen LogP contribution < -0.4 is 20.1 Å². The molecule has 0 aliphatic heterocycles. The molecule has 0 aliphatic rings. The molecule has 0 radical (unpaired) electrons. The van der Waals surface area contributed by atoms with E-state index in [0.29, 0.717) is 21.9 Å². The van der Waals surface area contributed by atoms with Crippen LogP contribution in [0.15, 0.2) is 72.8 Å². The van der Waals surface area contributed by atoms with E-state index in [1.165, 1.54) is 0 Å². The Morgan fingerprint density at radius 2 is 0.820 bits per heavy atom. The number of ether oxygens (including phenoxy) is 8. The molecule has 270 valence electrons. The van der Waals surface area contributed by atoms with Crippen molar-refractivity contribution in [1.29, 1.82) is 0 Å². The highest BCUT2D eigenvalue weighted by molar-refractivity contribution is 6.14. The van der Waals surface area contributed by atoms with E-state index in [0.717, 1.165) is 10.8 Å². The van der Waals surface area contributed by atoms with Gasteiger partial charge in [0.25, 0.3) is 0 Å². The average molecular weight is 697 g/mol. The fraction of sp³-hybridized carbons (Fsp3) is 0.389. The van der Waals surface area contributed by atoms with Crippen molar-refractivity contribution in [3.05, 3.63) is 72.8 Å². The Morgan fingerprint density at radius 1 is 0.500 bits per heavy atom. The molecule has 14 heteroatoms. The first-order chi connectivity index (χ1) is 24.2. The van der Waals surface area contributed by atoms with Crippen LogP contribution in [0.4, 0.5) is 9.59 Å². The van der Waals surface area contributed by atoms with Crippen LogP contribution in [0, 0.1) is 0 Å². The van der Waals surface area contributed by atoms with Gasteiger partial charge in [0.1, 0.15) is 13.2 Å². The molecule has 0 atom stereocenters. The highest BCUT2D eigenvalue weighted by atomic mass is 16.6. The Labute approximate surface area is 290 Å². The van der Waals surface area contributed by atoms with Crippen molar-refractivity contribution in [2.45, 2.75) is 13.8 Å². The standard InChI is InChI=1S/C36H44N2O12/c1-25(2)33(39)47-23-21-45-19-17-43-15-13-37-35(41)49-31-29-11-7-5-9-27(29)28-10-6-8-12-30(28)32(31)50-36(42)38-14-16-44-18-20-46-22-24-48-34(40)26(3)4/h5-12H,1,3,13-24H2,2,4H3,(H,37,41)(H,38,42). The molecule has 0 bridgehead atoms. The Morgan fingerprint density at radius 3 is 1.18 bits per heavy atom. The minimum Gasteiger partial charge on any atom is -0.460 e. The zero-order valence-electron chi connectivity index (χ0n) is 28.4. The van der Waals surface area contributed by atoms with Crippen LogP contribution in [0.2, 0.25) is 0 Å². The monoisotopic (exact) mass is 696 g/mol. The number of benzene rings is 3. The molecule has 50 heavy (non-hydrogen) atoms. The SMILES string of the molecule is C=C(C)C(=O)OCCOCCOCCNC(=O)Oc1c(OC(=O)NCCOCCOCCOC(=O)C(=C)C)c2ccccc2c2ccccc12. The summed E-state index contributed by atoms with van der Waals surface area (Å²) in [6.07, 6.45) is -1.53. The lowest BCUT2D eigenvalue weighted by molar-refractivity contribution is -0.141. The number of hydrogen-bond donors (Lipinski definition) is 2. The number of carbonyl (C=O) groups excluding carboxylic acids is 4. The van der Waals surface area contributed by atoms with Gasteiger partial charge >= 0.3 is 24.1 Å². The van der Waals surface area contributed by atoms with Gasteiger partial charge in [-0.3, -0.25) is 0 Å². The number of hydrogen-bond acceptors (Lipinski definition) is 12. The van der Waals surface area contributed by atoms with Crippen LogP contribution in [0.5, 0.6) is 11.5 Å². The molecule has 3 rings (SSSR count). The molecule has 3 aromatic carbocycles. The van der Waals surface area contributed by atoms with E-state index in [9.17, 15) is 19.2 Å². The normalized spacial score (nSPS) is 10.8. The van der Waals surface area contributed by atoms with Crippen molar-refractivity contribution in [3.8, 4) is 11.5 Å². The van der Waals surface area contributed by atoms with E-state index in [2.05, 4.69) is 23.8 Å². The van der Waals surface area contributed by atoms with Gasteiger partial charge < -0.3 is 48.5 Å². The summed E-state index contributed by atoms with van der Waals surface area (Å²) in [6, 6.07) is 14.7. The second-order valence-electron chi connectivity index (χ2n) is 10.7. The Bertz CT molecular complexity index is 1500. The third-order valence-electron chi connectivity index (χ3n) is 6.62.